The number of thiazole rings is 1. The molecule has 27 heavy (non-hydrogen) atoms. The van der Waals surface area contributed by atoms with Crippen LogP contribution >= 0.6 is 11.3 Å². The molecule has 4 rings (SSSR count). The molecule has 0 spiro atoms. The van der Waals surface area contributed by atoms with Crippen LogP contribution in [0.1, 0.15) is 18.1 Å². The third kappa shape index (κ3) is 4.07. The number of hydrogen-bond acceptors (Lipinski definition) is 3. The van der Waals surface area contributed by atoms with E-state index in [0.29, 0.717) is 6.42 Å². The van der Waals surface area contributed by atoms with Crippen molar-refractivity contribution in [2.75, 3.05) is 5.32 Å². The van der Waals surface area contributed by atoms with Crippen molar-refractivity contribution in [3.8, 4) is 10.6 Å². The number of carbonyl (C=O) groups is 1. The summed E-state index contributed by atoms with van der Waals surface area (Å²) in [6.07, 6.45) is 1.39. The number of amides is 1. The summed E-state index contributed by atoms with van der Waals surface area (Å²) in [4.78, 5) is 17.0. The van der Waals surface area contributed by atoms with E-state index in [1.165, 1.54) is 10.3 Å². The van der Waals surface area contributed by atoms with Gasteiger partial charge in [0.05, 0.1) is 16.6 Å². The van der Waals surface area contributed by atoms with Gasteiger partial charge >= 0.3 is 0 Å². The van der Waals surface area contributed by atoms with Gasteiger partial charge in [0.1, 0.15) is 5.01 Å². The summed E-state index contributed by atoms with van der Waals surface area (Å²) in [6.45, 7) is 2.12. The number of rotatable bonds is 5. The molecule has 0 saturated heterocycles. The van der Waals surface area contributed by atoms with Crippen molar-refractivity contribution in [1.29, 1.82) is 0 Å². The van der Waals surface area contributed by atoms with E-state index in [1.54, 1.807) is 11.3 Å². The van der Waals surface area contributed by atoms with Gasteiger partial charge in [0.2, 0.25) is 5.91 Å². The predicted molar refractivity (Wildman–Crippen MR) is 113 cm³/mol. The van der Waals surface area contributed by atoms with E-state index in [-0.39, 0.29) is 5.91 Å². The lowest BCUT2D eigenvalue weighted by Crippen LogP contribution is -2.14. The van der Waals surface area contributed by atoms with E-state index in [4.69, 9.17) is 0 Å². The van der Waals surface area contributed by atoms with E-state index >= 15 is 0 Å². The van der Waals surface area contributed by atoms with Gasteiger partial charge < -0.3 is 5.32 Å². The molecule has 0 fully saturated rings. The van der Waals surface area contributed by atoms with Gasteiger partial charge in [-0.1, -0.05) is 43.3 Å². The van der Waals surface area contributed by atoms with Gasteiger partial charge in [-0.2, -0.15) is 0 Å². The molecule has 0 bridgehead atoms. The molecule has 3 aromatic carbocycles. The number of nitrogens with one attached hydrogen (secondary N) is 1. The Balaban J connectivity index is 1.43. The van der Waals surface area contributed by atoms with Crippen molar-refractivity contribution in [3.05, 3.63) is 83.9 Å². The number of fused-ring (bicyclic) bond motifs is 1. The van der Waals surface area contributed by atoms with Crippen LogP contribution in [0.25, 0.3) is 20.8 Å². The monoisotopic (exact) mass is 372 g/mol. The normalized spacial score (nSPS) is 10.9. The molecule has 1 heterocycles. The molecular weight excluding hydrogens is 352 g/mol. The van der Waals surface area contributed by atoms with Crippen LogP contribution in [0.5, 0.6) is 0 Å². The highest BCUT2D eigenvalue weighted by Crippen LogP contribution is 2.30. The van der Waals surface area contributed by atoms with Crippen LogP contribution in [0.3, 0.4) is 0 Å². The summed E-state index contributed by atoms with van der Waals surface area (Å²) in [5.41, 5.74) is 5.18. The Morgan fingerprint density at radius 3 is 2.33 bits per heavy atom. The molecule has 4 aromatic rings. The van der Waals surface area contributed by atoms with E-state index in [9.17, 15) is 4.79 Å². The minimum absolute atomic E-state index is 0.00742. The molecule has 0 atom stereocenters. The van der Waals surface area contributed by atoms with Gasteiger partial charge in [0.15, 0.2) is 0 Å². The summed E-state index contributed by atoms with van der Waals surface area (Å²) in [5.74, 6) is -0.00742. The minimum atomic E-state index is -0.00742. The highest BCUT2D eigenvalue weighted by Gasteiger charge is 2.07. The van der Waals surface area contributed by atoms with Crippen molar-refractivity contribution in [1.82, 2.24) is 4.98 Å². The largest absolute Gasteiger partial charge is 0.326 e. The Morgan fingerprint density at radius 2 is 1.63 bits per heavy atom. The molecule has 0 aliphatic heterocycles. The summed E-state index contributed by atoms with van der Waals surface area (Å²) < 4.78 is 1.18. The highest BCUT2D eigenvalue weighted by molar-refractivity contribution is 7.21. The van der Waals surface area contributed by atoms with Crippen LogP contribution in [-0.2, 0) is 17.6 Å². The molecule has 4 heteroatoms. The molecule has 1 amide bonds. The molecule has 0 aliphatic rings. The molecule has 1 aromatic heterocycles. The maximum atomic E-state index is 12.3. The van der Waals surface area contributed by atoms with E-state index in [0.717, 1.165) is 33.8 Å². The van der Waals surface area contributed by atoms with Crippen molar-refractivity contribution < 1.29 is 4.79 Å². The molecule has 0 aliphatic carbocycles. The van der Waals surface area contributed by atoms with Crippen molar-refractivity contribution in [3.63, 3.8) is 0 Å². The number of carbonyl (C=O) groups excluding carboxylic acids is 1. The maximum Gasteiger partial charge on any atom is 0.228 e. The number of hydrogen-bond donors (Lipinski definition) is 1. The molecule has 0 radical (unpaired) electrons. The van der Waals surface area contributed by atoms with Gasteiger partial charge in [-0.25, -0.2) is 4.98 Å². The smallest absolute Gasteiger partial charge is 0.228 e. The SMILES string of the molecule is CCc1ccc(CC(=O)Nc2ccc(-c3nc4ccccc4s3)cc2)cc1. The Labute approximate surface area is 162 Å². The molecule has 0 saturated carbocycles. The first-order valence-electron chi connectivity index (χ1n) is 9.05. The van der Waals surface area contributed by atoms with Crippen molar-refractivity contribution in [2.45, 2.75) is 19.8 Å². The average Bonchev–Trinajstić information content (AvgIpc) is 3.13. The zero-order valence-electron chi connectivity index (χ0n) is 15.1. The zero-order chi connectivity index (χ0) is 18.6. The standard InChI is InChI=1S/C23H20N2OS/c1-2-16-7-9-17(10-8-16)15-22(26)24-19-13-11-18(12-14-19)23-25-20-5-3-4-6-21(20)27-23/h3-14H,2,15H2,1H3,(H,24,26). The van der Waals surface area contributed by atoms with Gasteiger partial charge in [0.25, 0.3) is 0 Å². The zero-order valence-corrected chi connectivity index (χ0v) is 15.9. The van der Waals surface area contributed by atoms with Crippen LogP contribution in [-0.4, -0.2) is 10.9 Å². The maximum absolute atomic E-state index is 12.3. The van der Waals surface area contributed by atoms with Crippen molar-refractivity contribution >= 4 is 33.1 Å². The minimum Gasteiger partial charge on any atom is -0.326 e. The number of para-hydroxylation sites is 1. The number of anilines is 1. The molecular formula is C23H20N2OS. The fourth-order valence-corrected chi connectivity index (χ4v) is 3.95. The van der Waals surface area contributed by atoms with Gasteiger partial charge in [-0.3, -0.25) is 4.79 Å². The average molecular weight is 372 g/mol. The number of benzene rings is 3. The second-order valence-corrected chi connectivity index (χ2v) is 7.49. The summed E-state index contributed by atoms with van der Waals surface area (Å²) in [5, 5.41) is 3.96. The quantitative estimate of drug-likeness (QED) is 0.488. The Morgan fingerprint density at radius 1 is 0.926 bits per heavy atom. The topological polar surface area (TPSA) is 42.0 Å². The first kappa shape index (κ1) is 17.4. The first-order chi connectivity index (χ1) is 13.2. The number of nitrogens with zero attached hydrogens (tertiary/aromatic N) is 1. The van der Waals surface area contributed by atoms with Crippen molar-refractivity contribution in [2.24, 2.45) is 0 Å². The third-order valence-electron chi connectivity index (χ3n) is 4.51. The second-order valence-electron chi connectivity index (χ2n) is 6.46. The number of aryl methyl sites for hydroxylation is 1. The number of aromatic nitrogens is 1. The first-order valence-corrected chi connectivity index (χ1v) is 9.86. The summed E-state index contributed by atoms with van der Waals surface area (Å²) in [6, 6.07) is 24.2. The highest BCUT2D eigenvalue weighted by atomic mass is 32.1. The summed E-state index contributed by atoms with van der Waals surface area (Å²) >= 11 is 1.68. The van der Waals surface area contributed by atoms with E-state index < -0.39 is 0 Å². The lowest BCUT2D eigenvalue weighted by molar-refractivity contribution is -0.115. The van der Waals surface area contributed by atoms with Crippen LogP contribution in [0.4, 0.5) is 5.69 Å². The van der Waals surface area contributed by atoms with Gasteiger partial charge in [-0.05, 0) is 53.9 Å². The molecule has 3 nitrogen and oxygen atoms in total. The van der Waals surface area contributed by atoms with Crippen LogP contribution < -0.4 is 5.32 Å². The molecule has 134 valence electrons. The third-order valence-corrected chi connectivity index (χ3v) is 5.59. The Bertz CT molecular complexity index is 1030. The lowest BCUT2D eigenvalue weighted by atomic mass is 10.1. The second kappa shape index (κ2) is 7.72. The summed E-state index contributed by atoms with van der Waals surface area (Å²) in [7, 11) is 0. The Kier molecular flexibility index (Phi) is 4.99. The van der Waals surface area contributed by atoms with Crippen LogP contribution in [0.2, 0.25) is 0 Å². The lowest BCUT2D eigenvalue weighted by Gasteiger charge is -2.07. The van der Waals surface area contributed by atoms with Gasteiger partial charge in [0, 0.05) is 11.3 Å². The van der Waals surface area contributed by atoms with E-state index in [1.807, 2.05) is 54.6 Å². The Hall–Kier alpha value is -2.98. The fraction of sp³-hybridized carbons (Fsp3) is 0.130. The van der Waals surface area contributed by atoms with Gasteiger partial charge in [-0.15, -0.1) is 11.3 Å². The van der Waals surface area contributed by atoms with Crippen LogP contribution in [0.15, 0.2) is 72.8 Å². The fourth-order valence-electron chi connectivity index (χ4n) is 2.98. The van der Waals surface area contributed by atoms with E-state index in [2.05, 4.69) is 35.4 Å². The predicted octanol–water partition coefficient (Wildman–Crippen LogP) is 5.71. The molecule has 0 unspecified atom stereocenters. The van der Waals surface area contributed by atoms with Crippen LogP contribution in [0, 0.1) is 0 Å². The molecule has 1 N–H and O–H groups in total.